The van der Waals surface area contributed by atoms with Crippen molar-refractivity contribution in [2.75, 3.05) is 0 Å². The van der Waals surface area contributed by atoms with Crippen LogP contribution in [0.4, 0.5) is 0 Å². The Balaban J connectivity index is 1.92. The number of imidazole rings is 1. The van der Waals surface area contributed by atoms with Gasteiger partial charge in [0.1, 0.15) is 12.4 Å². The van der Waals surface area contributed by atoms with Gasteiger partial charge in [0, 0.05) is 33.6 Å². The van der Waals surface area contributed by atoms with Crippen LogP contribution in [-0.2, 0) is 6.61 Å². The zero-order valence-corrected chi connectivity index (χ0v) is 15.6. The van der Waals surface area contributed by atoms with Gasteiger partial charge in [0.05, 0.1) is 12.0 Å². The van der Waals surface area contributed by atoms with E-state index in [9.17, 15) is 0 Å². The standard InChI is InChI=1S/C20H18Cl2N2O/c1-14(2)20(24-10-9-23-13-24)17-5-3-4-6-19(17)25-12-15-7-8-16(21)11-18(15)22/h3-11,13H,12H2,1-2H3. The molecule has 0 bridgehead atoms. The minimum absolute atomic E-state index is 0.368. The molecule has 0 N–H and O–H groups in total. The molecule has 1 aromatic heterocycles. The molecule has 0 saturated carbocycles. The molecule has 0 aliphatic carbocycles. The van der Waals surface area contributed by atoms with E-state index in [0.717, 1.165) is 22.6 Å². The number of allylic oxidation sites excluding steroid dienone is 1. The number of para-hydroxylation sites is 1. The number of hydrogen-bond donors (Lipinski definition) is 0. The largest absolute Gasteiger partial charge is 0.488 e. The molecule has 0 fully saturated rings. The van der Waals surface area contributed by atoms with Gasteiger partial charge in [0.2, 0.25) is 0 Å². The van der Waals surface area contributed by atoms with E-state index in [1.807, 2.05) is 47.2 Å². The van der Waals surface area contributed by atoms with Gasteiger partial charge in [-0.2, -0.15) is 0 Å². The number of rotatable bonds is 5. The number of benzene rings is 2. The molecule has 0 aliphatic rings. The first-order chi connectivity index (χ1) is 12.1. The van der Waals surface area contributed by atoms with Crippen LogP contribution < -0.4 is 4.74 Å². The van der Waals surface area contributed by atoms with Gasteiger partial charge in [-0.3, -0.25) is 0 Å². The van der Waals surface area contributed by atoms with Gasteiger partial charge >= 0.3 is 0 Å². The second kappa shape index (κ2) is 7.77. The van der Waals surface area contributed by atoms with Crippen LogP contribution in [0.1, 0.15) is 25.0 Å². The summed E-state index contributed by atoms with van der Waals surface area (Å²) >= 11 is 12.2. The van der Waals surface area contributed by atoms with Gasteiger partial charge in [-0.15, -0.1) is 0 Å². The van der Waals surface area contributed by atoms with Gasteiger partial charge < -0.3 is 9.30 Å². The maximum atomic E-state index is 6.24. The Kier molecular flexibility index (Phi) is 5.47. The first-order valence-corrected chi connectivity index (χ1v) is 8.64. The van der Waals surface area contributed by atoms with Crippen molar-refractivity contribution in [1.29, 1.82) is 0 Å². The molecule has 5 heteroatoms. The first-order valence-electron chi connectivity index (χ1n) is 7.88. The lowest BCUT2D eigenvalue weighted by atomic mass is 10.1. The Morgan fingerprint density at radius 1 is 1.12 bits per heavy atom. The van der Waals surface area contributed by atoms with Crippen LogP contribution in [0.2, 0.25) is 10.0 Å². The Hall–Kier alpha value is -2.23. The van der Waals surface area contributed by atoms with Gasteiger partial charge in [-0.05, 0) is 38.1 Å². The molecule has 0 radical (unpaired) electrons. The minimum atomic E-state index is 0.368. The second-order valence-electron chi connectivity index (χ2n) is 5.84. The summed E-state index contributed by atoms with van der Waals surface area (Å²) < 4.78 is 8.07. The summed E-state index contributed by atoms with van der Waals surface area (Å²) in [5.41, 5.74) is 4.11. The molecule has 0 spiro atoms. The third-order valence-corrected chi connectivity index (χ3v) is 4.36. The Labute approximate surface area is 157 Å². The predicted octanol–water partition coefficient (Wildman–Crippen LogP) is 6.07. The molecular formula is C20H18Cl2N2O. The second-order valence-corrected chi connectivity index (χ2v) is 6.68. The zero-order chi connectivity index (χ0) is 17.8. The highest BCUT2D eigenvalue weighted by Gasteiger charge is 2.13. The smallest absolute Gasteiger partial charge is 0.129 e. The summed E-state index contributed by atoms with van der Waals surface area (Å²) in [5.74, 6) is 0.790. The van der Waals surface area contributed by atoms with Crippen molar-refractivity contribution in [3.05, 3.63) is 87.9 Å². The first kappa shape index (κ1) is 17.6. The highest BCUT2D eigenvalue weighted by molar-refractivity contribution is 6.35. The molecule has 0 saturated heterocycles. The van der Waals surface area contributed by atoms with Crippen molar-refractivity contribution in [2.45, 2.75) is 20.5 Å². The van der Waals surface area contributed by atoms with Crippen LogP contribution in [0.15, 0.2) is 66.8 Å². The van der Waals surface area contributed by atoms with E-state index in [2.05, 4.69) is 18.8 Å². The summed E-state index contributed by atoms with van der Waals surface area (Å²) in [4.78, 5) is 4.15. The van der Waals surface area contributed by atoms with Crippen molar-refractivity contribution in [1.82, 2.24) is 9.55 Å². The SMILES string of the molecule is CC(C)=C(c1ccccc1OCc1ccc(Cl)cc1Cl)n1ccnc1. The number of aromatic nitrogens is 2. The summed E-state index contributed by atoms with van der Waals surface area (Å²) in [7, 11) is 0. The van der Waals surface area contributed by atoms with Crippen LogP contribution >= 0.6 is 23.2 Å². The molecule has 0 aliphatic heterocycles. The van der Waals surface area contributed by atoms with Crippen LogP contribution in [0.25, 0.3) is 5.70 Å². The number of halogens is 2. The number of ether oxygens (including phenoxy) is 1. The van der Waals surface area contributed by atoms with Crippen LogP contribution in [0, 0.1) is 0 Å². The van der Waals surface area contributed by atoms with Crippen molar-refractivity contribution in [3.63, 3.8) is 0 Å². The molecule has 128 valence electrons. The van der Waals surface area contributed by atoms with Gasteiger partial charge in [-0.25, -0.2) is 4.98 Å². The third-order valence-electron chi connectivity index (χ3n) is 3.78. The lowest BCUT2D eigenvalue weighted by Crippen LogP contribution is -2.03. The van der Waals surface area contributed by atoms with Crippen LogP contribution in [0.5, 0.6) is 5.75 Å². The average Bonchev–Trinajstić information content (AvgIpc) is 3.09. The quantitative estimate of drug-likeness (QED) is 0.543. The maximum Gasteiger partial charge on any atom is 0.129 e. The molecule has 3 nitrogen and oxygen atoms in total. The van der Waals surface area contributed by atoms with Crippen molar-refractivity contribution in [2.24, 2.45) is 0 Å². The summed E-state index contributed by atoms with van der Waals surface area (Å²) in [6, 6.07) is 13.4. The molecule has 3 rings (SSSR count). The fraction of sp³-hybridized carbons (Fsp3) is 0.150. The molecule has 0 unspecified atom stereocenters. The van der Waals surface area contributed by atoms with E-state index in [0.29, 0.717) is 16.7 Å². The highest BCUT2D eigenvalue weighted by Crippen LogP contribution is 2.31. The third kappa shape index (κ3) is 4.06. The molecule has 25 heavy (non-hydrogen) atoms. The summed E-state index contributed by atoms with van der Waals surface area (Å²) in [6.07, 6.45) is 5.48. The molecule has 0 amide bonds. The van der Waals surface area contributed by atoms with Gasteiger partial charge in [-0.1, -0.05) is 47.0 Å². The topological polar surface area (TPSA) is 27.1 Å². The van der Waals surface area contributed by atoms with Gasteiger partial charge in [0.15, 0.2) is 0 Å². The maximum absolute atomic E-state index is 6.24. The highest BCUT2D eigenvalue weighted by atomic mass is 35.5. The van der Waals surface area contributed by atoms with E-state index in [4.69, 9.17) is 27.9 Å². The zero-order valence-electron chi connectivity index (χ0n) is 14.0. The Morgan fingerprint density at radius 2 is 1.92 bits per heavy atom. The predicted molar refractivity (Wildman–Crippen MR) is 103 cm³/mol. The lowest BCUT2D eigenvalue weighted by molar-refractivity contribution is 0.305. The van der Waals surface area contributed by atoms with E-state index >= 15 is 0 Å². The average molecular weight is 373 g/mol. The van der Waals surface area contributed by atoms with E-state index in [1.165, 1.54) is 5.57 Å². The number of hydrogen-bond acceptors (Lipinski definition) is 2. The molecular weight excluding hydrogens is 355 g/mol. The Morgan fingerprint density at radius 3 is 2.60 bits per heavy atom. The van der Waals surface area contributed by atoms with Crippen LogP contribution in [-0.4, -0.2) is 9.55 Å². The minimum Gasteiger partial charge on any atom is -0.488 e. The van der Waals surface area contributed by atoms with Gasteiger partial charge in [0.25, 0.3) is 0 Å². The molecule has 2 aromatic carbocycles. The normalized spacial score (nSPS) is 10.6. The fourth-order valence-corrected chi connectivity index (χ4v) is 3.10. The van der Waals surface area contributed by atoms with E-state index in [1.54, 1.807) is 18.6 Å². The van der Waals surface area contributed by atoms with Crippen molar-refractivity contribution < 1.29 is 4.74 Å². The van der Waals surface area contributed by atoms with Crippen molar-refractivity contribution >= 4 is 28.9 Å². The molecule has 1 heterocycles. The summed E-state index contributed by atoms with van der Waals surface area (Å²) in [5, 5.41) is 1.21. The van der Waals surface area contributed by atoms with Crippen LogP contribution in [0.3, 0.4) is 0 Å². The fourth-order valence-electron chi connectivity index (χ4n) is 2.64. The van der Waals surface area contributed by atoms with E-state index in [-0.39, 0.29) is 0 Å². The monoisotopic (exact) mass is 372 g/mol. The van der Waals surface area contributed by atoms with E-state index < -0.39 is 0 Å². The summed E-state index contributed by atoms with van der Waals surface area (Å²) in [6.45, 7) is 4.51. The molecule has 0 atom stereocenters. The Bertz CT molecular complexity index is 898. The number of nitrogens with zero attached hydrogens (tertiary/aromatic N) is 2. The lowest BCUT2D eigenvalue weighted by Gasteiger charge is -2.17. The van der Waals surface area contributed by atoms with Crippen molar-refractivity contribution in [3.8, 4) is 5.75 Å². The molecule has 3 aromatic rings.